The Kier molecular flexibility index (Phi) is 4.24. The summed E-state index contributed by atoms with van der Waals surface area (Å²) >= 11 is 3.37. The Hall–Kier alpha value is -3.40. The summed E-state index contributed by atoms with van der Waals surface area (Å²) < 4.78 is 17.3. The van der Waals surface area contributed by atoms with Crippen LogP contribution in [0.2, 0.25) is 0 Å². The van der Waals surface area contributed by atoms with Crippen LogP contribution in [-0.2, 0) is 16.9 Å². The van der Waals surface area contributed by atoms with E-state index < -0.39 is 17.5 Å². The molecule has 10 heteroatoms. The summed E-state index contributed by atoms with van der Waals surface area (Å²) in [7, 11) is 0. The number of hydrogen-bond donors (Lipinski definition) is 1. The summed E-state index contributed by atoms with van der Waals surface area (Å²) in [4.78, 5) is 26.8. The van der Waals surface area contributed by atoms with Crippen LogP contribution in [0, 0.1) is 0 Å². The number of fused-ring (bicyclic) bond motifs is 1. The maximum Gasteiger partial charge on any atom is 0.325 e. The number of carbonyl (C=O) groups excluding carboxylic acids is 2. The van der Waals surface area contributed by atoms with Gasteiger partial charge in [-0.25, -0.2) is 4.79 Å². The molecule has 1 aromatic heterocycles. The number of carbonyl (C=O) groups is 2. The number of benzene rings is 2. The smallest absolute Gasteiger partial charge is 0.325 e. The molecule has 30 heavy (non-hydrogen) atoms. The van der Waals surface area contributed by atoms with Crippen molar-refractivity contribution in [3.05, 3.63) is 58.4 Å². The highest BCUT2D eigenvalue weighted by Gasteiger charge is 2.49. The van der Waals surface area contributed by atoms with Gasteiger partial charge < -0.3 is 19.2 Å². The van der Waals surface area contributed by atoms with E-state index in [0.717, 1.165) is 14.9 Å². The van der Waals surface area contributed by atoms with E-state index >= 15 is 0 Å². The van der Waals surface area contributed by atoms with Gasteiger partial charge in [-0.3, -0.25) is 9.69 Å². The normalized spacial score (nSPS) is 20.0. The van der Waals surface area contributed by atoms with Gasteiger partial charge in [-0.15, -0.1) is 10.2 Å². The van der Waals surface area contributed by atoms with Gasteiger partial charge >= 0.3 is 6.03 Å². The summed E-state index contributed by atoms with van der Waals surface area (Å²) in [6, 6.07) is 12.0. The second-order valence-electron chi connectivity index (χ2n) is 7.02. The van der Waals surface area contributed by atoms with Crippen molar-refractivity contribution >= 4 is 27.9 Å². The Bertz CT molecular complexity index is 1160. The number of hydrogen-bond acceptors (Lipinski definition) is 7. The molecule has 9 nitrogen and oxygen atoms in total. The third-order valence-electron chi connectivity index (χ3n) is 5.08. The number of imide groups is 1. The van der Waals surface area contributed by atoms with E-state index in [1.807, 2.05) is 24.3 Å². The highest BCUT2D eigenvalue weighted by Crippen LogP contribution is 2.38. The van der Waals surface area contributed by atoms with Gasteiger partial charge in [0.05, 0.1) is 0 Å². The van der Waals surface area contributed by atoms with Gasteiger partial charge in [0.15, 0.2) is 11.5 Å². The number of halogens is 1. The zero-order chi connectivity index (χ0) is 20.9. The predicted octanol–water partition coefficient (Wildman–Crippen LogP) is 3.20. The Balaban J connectivity index is 1.38. The van der Waals surface area contributed by atoms with E-state index in [-0.39, 0.29) is 19.2 Å². The maximum atomic E-state index is 13.1. The molecule has 5 rings (SSSR count). The third-order valence-corrected chi connectivity index (χ3v) is 5.60. The van der Waals surface area contributed by atoms with Crippen LogP contribution in [0.3, 0.4) is 0 Å². The molecule has 0 saturated carbocycles. The Morgan fingerprint density at radius 1 is 1.10 bits per heavy atom. The lowest BCUT2D eigenvalue weighted by Crippen LogP contribution is -2.40. The number of urea groups is 1. The molecule has 0 radical (unpaired) electrons. The van der Waals surface area contributed by atoms with Crippen LogP contribution in [0.25, 0.3) is 11.5 Å². The number of nitrogens with zero attached hydrogens (tertiary/aromatic N) is 3. The number of amides is 3. The molecule has 3 amide bonds. The average Bonchev–Trinajstić information content (AvgIpc) is 3.44. The highest BCUT2D eigenvalue weighted by molar-refractivity contribution is 9.10. The molecule has 1 N–H and O–H groups in total. The van der Waals surface area contributed by atoms with E-state index in [1.54, 1.807) is 25.1 Å². The van der Waals surface area contributed by atoms with Crippen LogP contribution < -0.4 is 14.8 Å². The van der Waals surface area contributed by atoms with Crippen molar-refractivity contribution in [3.8, 4) is 23.0 Å². The van der Waals surface area contributed by atoms with Crippen LogP contribution in [0.1, 0.15) is 18.4 Å². The minimum atomic E-state index is -1.24. The van der Waals surface area contributed by atoms with Crippen LogP contribution in [0.4, 0.5) is 4.79 Å². The second kappa shape index (κ2) is 6.84. The van der Waals surface area contributed by atoms with E-state index in [1.165, 1.54) is 0 Å². The summed E-state index contributed by atoms with van der Waals surface area (Å²) in [5, 5.41) is 10.7. The van der Waals surface area contributed by atoms with Gasteiger partial charge in [-0.05, 0) is 48.9 Å². The molecule has 152 valence electrons. The Morgan fingerprint density at radius 2 is 1.87 bits per heavy atom. The molecule has 0 aliphatic carbocycles. The molecule has 0 spiro atoms. The lowest BCUT2D eigenvalue weighted by Gasteiger charge is -2.22. The zero-order valence-corrected chi connectivity index (χ0v) is 17.3. The van der Waals surface area contributed by atoms with Crippen LogP contribution in [0.15, 0.2) is 51.4 Å². The largest absolute Gasteiger partial charge is 0.454 e. The molecule has 2 aliphatic rings. The summed E-state index contributed by atoms with van der Waals surface area (Å²) in [5.74, 6) is 1.18. The zero-order valence-electron chi connectivity index (χ0n) is 15.7. The topological polar surface area (TPSA) is 107 Å². The van der Waals surface area contributed by atoms with Crippen LogP contribution >= 0.6 is 15.9 Å². The highest BCUT2D eigenvalue weighted by atomic mass is 79.9. The van der Waals surface area contributed by atoms with Crippen molar-refractivity contribution in [1.29, 1.82) is 0 Å². The Morgan fingerprint density at radius 3 is 2.67 bits per heavy atom. The minimum Gasteiger partial charge on any atom is -0.454 e. The van der Waals surface area contributed by atoms with Crippen molar-refractivity contribution in [1.82, 2.24) is 20.4 Å². The lowest BCUT2D eigenvalue weighted by molar-refractivity contribution is -0.131. The molecular formula is C20H15BrN4O5. The number of rotatable bonds is 4. The monoisotopic (exact) mass is 470 g/mol. The maximum absolute atomic E-state index is 13.1. The molecule has 2 aliphatic heterocycles. The first kappa shape index (κ1) is 18.6. The first-order valence-corrected chi connectivity index (χ1v) is 9.86. The molecule has 1 unspecified atom stereocenters. The van der Waals surface area contributed by atoms with Crippen molar-refractivity contribution in [2.24, 2.45) is 0 Å². The number of ether oxygens (including phenoxy) is 2. The first-order valence-electron chi connectivity index (χ1n) is 9.06. The summed E-state index contributed by atoms with van der Waals surface area (Å²) in [6.45, 7) is 1.64. The number of aromatic nitrogens is 2. The quantitative estimate of drug-likeness (QED) is 0.583. The van der Waals surface area contributed by atoms with Crippen LogP contribution in [0.5, 0.6) is 11.5 Å². The van der Waals surface area contributed by atoms with Gasteiger partial charge in [0.2, 0.25) is 18.6 Å². The van der Waals surface area contributed by atoms with E-state index in [4.69, 9.17) is 13.9 Å². The standard InChI is InChI=1S/C20H15BrN4O5/c1-20(12-4-7-14-15(8-12)29-10-28-14)18(26)25(19(27)22-20)9-16-23-24-17(30-16)11-2-5-13(21)6-3-11/h2-8H,9-10H2,1H3,(H,22,27). The Labute approximate surface area is 179 Å². The molecule has 3 heterocycles. The molecular weight excluding hydrogens is 456 g/mol. The number of nitrogens with one attached hydrogen (secondary N) is 1. The molecule has 0 bridgehead atoms. The van der Waals surface area contributed by atoms with Crippen molar-refractivity contribution in [2.75, 3.05) is 6.79 Å². The fourth-order valence-corrected chi connectivity index (χ4v) is 3.67. The van der Waals surface area contributed by atoms with Crippen molar-refractivity contribution in [2.45, 2.75) is 19.0 Å². The van der Waals surface area contributed by atoms with Crippen molar-refractivity contribution < 1.29 is 23.5 Å². The van der Waals surface area contributed by atoms with Gasteiger partial charge in [-0.1, -0.05) is 22.0 Å². The average molecular weight is 471 g/mol. The van der Waals surface area contributed by atoms with E-state index in [9.17, 15) is 9.59 Å². The summed E-state index contributed by atoms with van der Waals surface area (Å²) in [6.07, 6.45) is 0. The summed E-state index contributed by atoms with van der Waals surface area (Å²) in [5.41, 5.74) is 0.0834. The van der Waals surface area contributed by atoms with Gasteiger partial charge in [0.25, 0.3) is 5.91 Å². The predicted molar refractivity (Wildman–Crippen MR) is 106 cm³/mol. The molecule has 1 atom stereocenters. The second-order valence-corrected chi connectivity index (χ2v) is 7.94. The SMILES string of the molecule is CC1(c2ccc3c(c2)OCO3)NC(=O)N(Cc2nnc(-c3ccc(Br)cc3)o2)C1=O. The van der Waals surface area contributed by atoms with Gasteiger partial charge in [0, 0.05) is 10.0 Å². The minimum absolute atomic E-state index is 0.125. The van der Waals surface area contributed by atoms with Gasteiger partial charge in [0.1, 0.15) is 12.1 Å². The van der Waals surface area contributed by atoms with Gasteiger partial charge in [-0.2, -0.15) is 0 Å². The fraction of sp³-hybridized carbons (Fsp3) is 0.200. The van der Waals surface area contributed by atoms with Crippen LogP contribution in [-0.4, -0.2) is 33.8 Å². The third kappa shape index (κ3) is 3.00. The molecule has 2 aromatic carbocycles. The molecule has 3 aromatic rings. The van der Waals surface area contributed by atoms with Crippen molar-refractivity contribution in [3.63, 3.8) is 0 Å². The fourth-order valence-electron chi connectivity index (χ4n) is 3.41. The molecule has 1 saturated heterocycles. The van der Waals surface area contributed by atoms with E-state index in [2.05, 4.69) is 31.4 Å². The molecule has 1 fully saturated rings. The first-order chi connectivity index (χ1) is 14.4. The lowest BCUT2D eigenvalue weighted by atomic mass is 9.91. The van der Waals surface area contributed by atoms with E-state index in [0.29, 0.717) is 23.0 Å².